The number of rotatable bonds is 5. The first-order valence-electron chi connectivity index (χ1n) is 9.35. The molecule has 2 fully saturated rings. The molecule has 0 atom stereocenters. The Bertz CT molecular complexity index is 664. The van der Waals surface area contributed by atoms with Crippen molar-refractivity contribution in [2.24, 2.45) is 5.41 Å². The maximum atomic E-state index is 13.3. The molecule has 1 saturated heterocycles. The Morgan fingerprint density at radius 2 is 1.73 bits per heavy atom. The number of carboxylic acid groups (broad SMARTS) is 1. The summed E-state index contributed by atoms with van der Waals surface area (Å²) >= 11 is 6.40. The van der Waals surface area contributed by atoms with Gasteiger partial charge in [-0.1, -0.05) is 49.1 Å². The third-order valence-corrected chi connectivity index (χ3v) is 6.35. The topological polar surface area (TPSA) is 75.6 Å². The van der Waals surface area contributed by atoms with Crippen molar-refractivity contribution in [1.82, 2.24) is 5.32 Å². The molecule has 1 aromatic rings. The van der Waals surface area contributed by atoms with Crippen LogP contribution in [0.2, 0.25) is 5.02 Å². The van der Waals surface area contributed by atoms with Crippen LogP contribution in [0.5, 0.6) is 0 Å². The molecule has 0 spiro atoms. The number of amides is 1. The van der Waals surface area contributed by atoms with Gasteiger partial charge >= 0.3 is 5.97 Å². The molecule has 1 aromatic carbocycles. The fraction of sp³-hybridized carbons (Fsp3) is 0.600. The van der Waals surface area contributed by atoms with Crippen molar-refractivity contribution >= 4 is 23.5 Å². The number of halogens is 1. The predicted octanol–water partition coefficient (Wildman–Crippen LogP) is 3.54. The number of aliphatic carboxylic acids is 1. The van der Waals surface area contributed by atoms with Crippen LogP contribution in [0.3, 0.4) is 0 Å². The monoisotopic (exact) mass is 379 g/mol. The first-order valence-corrected chi connectivity index (χ1v) is 9.72. The zero-order valence-corrected chi connectivity index (χ0v) is 15.7. The number of hydrogen-bond donors (Lipinski definition) is 2. The van der Waals surface area contributed by atoms with Gasteiger partial charge in [-0.15, -0.1) is 0 Å². The van der Waals surface area contributed by atoms with E-state index in [1.807, 2.05) is 18.2 Å². The van der Waals surface area contributed by atoms with Crippen LogP contribution in [0, 0.1) is 5.41 Å². The molecular weight excluding hydrogens is 354 g/mol. The Labute approximate surface area is 159 Å². The summed E-state index contributed by atoms with van der Waals surface area (Å²) in [6, 6.07) is 7.41. The number of nitrogens with one attached hydrogen (secondary N) is 1. The third kappa shape index (κ3) is 3.60. The molecule has 1 aliphatic heterocycles. The van der Waals surface area contributed by atoms with Gasteiger partial charge in [-0.25, -0.2) is 0 Å². The Hall–Kier alpha value is -1.59. The van der Waals surface area contributed by atoms with E-state index in [9.17, 15) is 14.7 Å². The van der Waals surface area contributed by atoms with E-state index in [4.69, 9.17) is 16.3 Å². The lowest BCUT2D eigenvalue weighted by Gasteiger charge is -2.39. The molecule has 0 radical (unpaired) electrons. The summed E-state index contributed by atoms with van der Waals surface area (Å²) in [5, 5.41) is 13.3. The minimum Gasteiger partial charge on any atom is -0.481 e. The van der Waals surface area contributed by atoms with E-state index in [1.54, 1.807) is 6.07 Å². The summed E-state index contributed by atoms with van der Waals surface area (Å²) in [5.74, 6) is -0.948. The molecule has 142 valence electrons. The zero-order valence-electron chi connectivity index (χ0n) is 14.9. The molecule has 2 N–H and O–H groups in total. The van der Waals surface area contributed by atoms with E-state index in [0.717, 1.165) is 24.8 Å². The van der Waals surface area contributed by atoms with Crippen LogP contribution >= 0.6 is 11.6 Å². The highest BCUT2D eigenvalue weighted by Gasteiger charge is 2.45. The van der Waals surface area contributed by atoms with Gasteiger partial charge in [0, 0.05) is 24.8 Å². The van der Waals surface area contributed by atoms with Crippen LogP contribution in [-0.4, -0.2) is 36.7 Å². The molecule has 1 saturated carbocycles. The van der Waals surface area contributed by atoms with Crippen molar-refractivity contribution in [3.63, 3.8) is 0 Å². The van der Waals surface area contributed by atoms with Gasteiger partial charge in [-0.2, -0.15) is 0 Å². The summed E-state index contributed by atoms with van der Waals surface area (Å²) in [5.41, 5.74) is -0.804. The van der Waals surface area contributed by atoms with Crippen molar-refractivity contribution in [1.29, 1.82) is 0 Å². The van der Waals surface area contributed by atoms with E-state index < -0.39 is 16.8 Å². The van der Waals surface area contributed by atoms with Gasteiger partial charge in [0.2, 0.25) is 5.91 Å². The molecule has 0 aromatic heterocycles. The summed E-state index contributed by atoms with van der Waals surface area (Å²) in [7, 11) is 0. The molecule has 26 heavy (non-hydrogen) atoms. The van der Waals surface area contributed by atoms with Gasteiger partial charge in [0.15, 0.2) is 0 Å². The standard InChI is InChI=1S/C20H26ClNO4/c21-16-7-3-2-6-15(16)20(10-12-26-13-11-20)17(23)22-14-19(18(24)25)8-4-1-5-9-19/h2-3,6-7H,1,4-5,8-14H2,(H,22,23)(H,24,25). The van der Waals surface area contributed by atoms with E-state index in [-0.39, 0.29) is 12.5 Å². The quantitative estimate of drug-likeness (QED) is 0.820. The molecule has 3 rings (SSSR count). The predicted molar refractivity (Wildman–Crippen MR) is 99.3 cm³/mol. The third-order valence-electron chi connectivity index (χ3n) is 6.02. The van der Waals surface area contributed by atoms with E-state index >= 15 is 0 Å². The summed E-state index contributed by atoms with van der Waals surface area (Å²) < 4.78 is 5.47. The number of carbonyl (C=O) groups excluding carboxylic acids is 1. The first-order chi connectivity index (χ1) is 12.5. The Balaban J connectivity index is 1.82. The van der Waals surface area contributed by atoms with Gasteiger partial charge in [-0.05, 0) is 37.3 Å². The van der Waals surface area contributed by atoms with Gasteiger partial charge in [0.1, 0.15) is 0 Å². The lowest BCUT2D eigenvalue weighted by Crippen LogP contribution is -2.52. The second kappa shape index (κ2) is 7.97. The van der Waals surface area contributed by atoms with Crippen LogP contribution in [0.15, 0.2) is 24.3 Å². The Morgan fingerprint density at radius 1 is 1.08 bits per heavy atom. The van der Waals surface area contributed by atoms with Crippen molar-refractivity contribution in [3.8, 4) is 0 Å². The number of ether oxygens (including phenoxy) is 1. The molecular formula is C20H26ClNO4. The van der Waals surface area contributed by atoms with E-state index in [2.05, 4.69) is 5.32 Å². The highest BCUT2D eigenvalue weighted by atomic mass is 35.5. The average molecular weight is 380 g/mol. The summed E-state index contributed by atoms with van der Waals surface area (Å²) in [6.45, 7) is 1.15. The lowest BCUT2D eigenvalue weighted by atomic mass is 9.71. The zero-order chi connectivity index (χ0) is 18.6. The fourth-order valence-corrected chi connectivity index (χ4v) is 4.62. The average Bonchev–Trinajstić information content (AvgIpc) is 2.67. The SMILES string of the molecule is O=C(O)C1(CNC(=O)C2(c3ccccc3Cl)CCOCC2)CCCCC1. The second-order valence-corrected chi connectivity index (χ2v) is 7.91. The maximum Gasteiger partial charge on any atom is 0.311 e. The van der Waals surface area contributed by atoms with Crippen LogP contribution in [0.25, 0.3) is 0 Å². The van der Waals surface area contributed by atoms with Crippen molar-refractivity contribution in [2.75, 3.05) is 19.8 Å². The number of carboxylic acids is 1. The largest absolute Gasteiger partial charge is 0.481 e. The van der Waals surface area contributed by atoms with E-state index in [0.29, 0.717) is 43.9 Å². The van der Waals surface area contributed by atoms with Crippen LogP contribution < -0.4 is 5.32 Å². The normalized spacial score (nSPS) is 21.7. The Kier molecular flexibility index (Phi) is 5.88. The summed E-state index contributed by atoms with van der Waals surface area (Å²) in [6.07, 6.45) is 5.17. The van der Waals surface area contributed by atoms with Gasteiger partial charge in [0.25, 0.3) is 0 Å². The van der Waals surface area contributed by atoms with Gasteiger partial charge in [0.05, 0.1) is 10.8 Å². The smallest absolute Gasteiger partial charge is 0.311 e. The molecule has 2 aliphatic rings. The summed E-state index contributed by atoms with van der Waals surface area (Å²) in [4.78, 5) is 25.1. The highest BCUT2D eigenvalue weighted by molar-refractivity contribution is 6.31. The lowest BCUT2D eigenvalue weighted by molar-refractivity contribution is -0.151. The van der Waals surface area contributed by atoms with Gasteiger partial charge < -0.3 is 15.2 Å². The van der Waals surface area contributed by atoms with E-state index in [1.165, 1.54) is 0 Å². The fourth-order valence-electron chi connectivity index (χ4n) is 4.30. The maximum absolute atomic E-state index is 13.3. The number of carbonyl (C=O) groups is 2. The molecule has 1 aliphatic carbocycles. The van der Waals surface area contributed by atoms with Crippen molar-refractivity contribution < 1.29 is 19.4 Å². The van der Waals surface area contributed by atoms with Crippen molar-refractivity contribution in [3.05, 3.63) is 34.9 Å². The number of benzene rings is 1. The minimum absolute atomic E-state index is 0.139. The van der Waals surface area contributed by atoms with Crippen LogP contribution in [-0.2, 0) is 19.7 Å². The molecule has 1 amide bonds. The molecule has 5 nitrogen and oxygen atoms in total. The van der Waals surface area contributed by atoms with Crippen LogP contribution in [0.4, 0.5) is 0 Å². The second-order valence-electron chi connectivity index (χ2n) is 7.50. The minimum atomic E-state index is -0.846. The molecule has 0 unspecified atom stereocenters. The van der Waals surface area contributed by atoms with Crippen molar-refractivity contribution in [2.45, 2.75) is 50.4 Å². The van der Waals surface area contributed by atoms with Crippen LogP contribution in [0.1, 0.15) is 50.5 Å². The van der Waals surface area contributed by atoms with Gasteiger partial charge in [-0.3, -0.25) is 9.59 Å². The number of hydrogen-bond acceptors (Lipinski definition) is 3. The molecule has 6 heteroatoms. The Morgan fingerprint density at radius 3 is 2.35 bits per heavy atom. The molecule has 0 bridgehead atoms. The molecule has 1 heterocycles. The highest BCUT2D eigenvalue weighted by Crippen LogP contribution is 2.40. The first kappa shape index (κ1) is 19.2.